The highest BCUT2D eigenvalue weighted by atomic mass is 16.5. The largest absolute Gasteiger partial charge is 0.380 e. The summed E-state index contributed by atoms with van der Waals surface area (Å²) in [6, 6.07) is 8.21. The number of nitrogens with zero attached hydrogens (tertiary/aromatic N) is 2. The lowest BCUT2D eigenvalue weighted by atomic mass is 10.1. The second-order valence-electron chi connectivity index (χ2n) is 4.09. The van der Waals surface area contributed by atoms with Gasteiger partial charge in [0.05, 0.1) is 24.5 Å². The molecule has 1 unspecified atom stereocenters. The van der Waals surface area contributed by atoms with E-state index in [0.717, 1.165) is 16.9 Å². The third-order valence-corrected chi connectivity index (χ3v) is 2.72. The quantitative estimate of drug-likeness (QED) is 0.877. The minimum absolute atomic E-state index is 0.108. The zero-order valence-electron chi connectivity index (χ0n) is 10.6. The second-order valence-corrected chi connectivity index (χ2v) is 4.09. The molecular weight excluding hydrogens is 226 g/mol. The Morgan fingerprint density at radius 3 is 2.83 bits per heavy atom. The molecule has 1 aromatic carbocycles. The Morgan fingerprint density at radius 2 is 2.11 bits per heavy atom. The van der Waals surface area contributed by atoms with E-state index < -0.39 is 0 Å². The standard InChI is InChI=1S/C14H17N3O/c1-11(14-9-15-7-8-16-14)17-13-6-4-3-5-12(13)10-18-2/h3-9,11,17H,10H2,1-2H3. The number of rotatable bonds is 5. The van der Waals surface area contributed by atoms with Crippen LogP contribution in [0.2, 0.25) is 0 Å². The number of aromatic nitrogens is 2. The molecule has 0 aliphatic carbocycles. The SMILES string of the molecule is COCc1ccccc1NC(C)c1cnccn1. The number of hydrogen-bond donors (Lipinski definition) is 1. The summed E-state index contributed by atoms with van der Waals surface area (Å²) in [5.41, 5.74) is 3.12. The Bertz CT molecular complexity index is 487. The monoisotopic (exact) mass is 243 g/mol. The molecule has 0 spiro atoms. The van der Waals surface area contributed by atoms with Gasteiger partial charge in [-0.2, -0.15) is 0 Å². The zero-order chi connectivity index (χ0) is 12.8. The van der Waals surface area contributed by atoms with E-state index in [1.165, 1.54) is 0 Å². The third-order valence-electron chi connectivity index (χ3n) is 2.72. The van der Waals surface area contributed by atoms with Crippen LogP contribution in [-0.4, -0.2) is 17.1 Å². The molecule has 1 heterocycles. The van der Waals surface area contributed by atoms with Gasteiger partial charge in [-0.15, -0.1) is 0 Å². The van der Waals surface area contributed by atoms with E-state index in [2.05, 4.69) is 28.3 Å². The molecule has 2 aromatic rings. The Balaban J connectivity index is 2.14. The van der Waals surface area contributed by atoms with E-state index in [0.29, 0.717) is 6.61 Å². The average Bonchev–Trinajstić information content (AvgIpc) is 2.42. The summed E-state index contributed by atoms with van der Waals surface area (Å²) in [6.45, 7) is 2.66. The van der Waals surface area contributed by atoms with E-state index in [-0.39, 0.29) is 6.04 Å². The van der Waals surface area contributed by atoms with Gasteiger partial charge in [0, 0.05) is 30.8 Å². The molecule has 94 valence electrons. The van der Waals surface area contributed by atoms with Crippen LogP contribution >= 0.6 is 0 Å². The van der Waals surface area contributed by atoms with Crippen molar-refractivity contribution < 1.29 is 4.74 Å². The van der Waals surface area contributed by atoms with Gasteiger partial charge in [0.25, 0.3) is 0 Å². The molecule has 0 aliphatic rings. The molecular formula is C14H17N3O. The minimum atomic E-state index is 0.108. The van der Waals surface area contributed by atoms with Crippen molar-refractivity contribution in [2.24, 2.45) is 0 Å². The summed E-state index contributed by atoms with van der Waals surface area (Å²) in [4.78, 5) is 8.37. The van der Waals surface area contributed by atoms with Crippen LogP contribution in [0.4, 0.5) is 5.69 Å². The molecule has 2 rings (SSSR count). The van der Waals surface area contributed by atoms with Crippen molar-refractivity contribution in [3.05, 3.63) is 54.1 Å². The van der Waals surface area contributed by atoms with Crippen molar-refractivity contribution in [3.8, 4) is 0 Å². The van der Waals surface area contributed by atoms with Gasteiger partial charge in [0.15, 0.2) is 0 Å². The number of ether oxygens (including phenoxy) is 1. The maximum Gasteiger partial charge on any atom is 0.0806 e. The van der Waals surface area contributed by atoms with Crippen molar-refractivity contribution in [1.82, 2.24) is 9.97 Å². The Hall–Kier alpha value is -1.94. The second kappa shape index (κ2) is 6.12. The van der Waals surface area contributed by atoms with Crippen LogP contribution in [-0.2, 0) is 11.3 Å². The van der Waals surface area contributed by atoms with Gasteiger partial charge in [0.2, 0.25) is 0 Å². The molecule has 1 N–H and O–H groups in total. The lowest BCUT2D eigenvalue weighted by Crippen LogP contribution is -2.10. The van der Waals surface area contributed by atoms with Gasteiger partial charge in [0.1, 0.15) is 0 Å². The number of hydrogen-bond acceptors (Lipinski definition) is 4. The summed E-state index contributed by atoms with van der Waals surface area (Å²) in [5.74, 6) is 0. The van der Waals surface area contributed by atoms with Gasteiger partial charge in [-0.1, -0.05) is 18.2 Å². The molecule has 0 radical (unpaired) electrons. The minimum Gasteiger partial charge on any atom is -0.380 e. The summed E-state index contributed by atoms with van der Waals surface area (Å²) in [5, 5.41) is 3.43. The maximum atomic E-state index is 5.19. The van der Waals surface area contributed by atoms with Crippen LogP contribution in [0.25, 0.3) is 0 Å². The first-order valence-electron chi connectivity index (χ1n) is 5.90. The van der Waals surface area contributed by atoms with Crippen molar-refractivity contribution in [2.75, 3.05) is 12.4 Å². The summed E-state index contributed by atoms with van der Waals surface area (Å²) < 4.78 is 5.19. The van der Waals surface area contributed by atoms with Gasteiger partial charge in [-0.3, -0.25) is 9.97 Å². The van der Waals surface area contributed by atoms with E-state index in [4.69, 9.17) is 4.74 Å². The van der Waals surface area contributed by atoms with E-state index >= 15 is 0 Å². The summed E-state index contributed by atoms with van der Waals surface area (Å²) >= 11 is 0. The summed E-state index contributed by atoms with van der Waals surface area (Å²) in [7, 11) is 1.70. The molecule has 0 bridgehead atoms. The summed E-state index contributed by atoms with van der Waals surface area (Å²) in [6.07, 6.45) is 5.15. The lowest BCUT2D eigenvalue weighted by molar-refractivity contribution is 0.185. The van der Waals surface area contributed by atoms with E-state index in [9.17, 15) is 0 Å². The van der Waals surface area contributed by atoms with Gasteiger partial charge in [-0.25, -0.2) is 0 Å². The number of para-hydroxylation sites is 1. The number of benzene rings is 1. The Labute approximate surface area is 107 Å². The van der Waals surface area contributed by atoms with Crippen LogP contribution in [0.3, 0.4) is 0 Å². The van der Waals surface area contributed by atoms with Crippen molar-refractivity contribution in [2.45, 2.75) is 19.6 Å². The number of anilines is 1. The maximum absolute atomic E-state index is 5.19. The number of nitrogens with one attached hydrogen (secondary N) is 1. The van der Waals surface area contributed by atoms with E-state index in [1.54, 1.807) is 25.7 Å². The first kappa shape index (κ1) is 12.5. The highest BCUT2D eigenvalue weighted by molar-refractivity contribution is 5.51. The highest BCUT2D eigenvalue weighted by Crippen LogP contribution is 2.21. The molecule has 0 saturated carbocycles. The van der Waals surface area contributed by atoms with Gasteiger partial charge in [-0.05, 0) is 13.0 Å². The topological polar surface area (TPSA) is 47.0 Å². The smallest absolute Gasteiger partial charge is 0.0806 e. The van der Waals surface area contributed by atoms with Crippen LogP contribution in [0.15, 0.2) is 42.9 Å². The molecule has 4 heteroatoms. The van der Waals surface area contributed by atoms with Crippen LogP contribution in [0, 0.1) is 0 Å². The fraction of sp³-hybridized carbons (Fsp3) is 0.286. The fourth-order valence-corrected chi connectivity index (χ4v) is 1.78. The number of methoxy groups -OCH3 is 1. The Morgan fingerprint density at radius 1 is 1.28 bits per heavy atom. The van der Waals surface area contributed by atoms with Crippen molar-refractivity contribution in [1.29, 1.82) is 0 Å². The molecule has 1 aromatic heterocycles. The van der Waals surface area contributed by atoms with E-state index in [1.807, 2.05) is 18.2 Å². The normalized spacial score (nSPS) is 12.1. The molecule has 0 aliphatic heterocycles. The molecule has 18 heavy (non-hydrogen) atoms. The van der Waals surface area contributed by atoms with Gasteiger partial charge >= 0.3 is 0 Å². The molecule has 0 saturated heterocycles. The van der Waals surface area contributed by atoms with Crippen LogP contribution < -0.4 is 5.32 Å². The Kier molecular flexibility index (Phi) is 4.25. The molecule has 0 fully saturated rings. The average molecular weight is 243 g/mol. The molecule has 4 nitrogen and oxygen atoms in total. The fourth-order valence-electron chi connectivity index (χ4n) is 1.78. The zero-order valence-corrected chi connectivity index (χ0v) is 10.6. The first-order valence-corrected chi connectivity index (χ1v) is 5.90. The predicted octanol–water partition coefficient (Wildman–Crippen LogP) is 2.80. The van der Waals surface area contributed by atoms with Gasteiger partial charge < -0.3 is 10.1 Å². The first-order chi connectivity index (χ1) is 8.81. The highest BCUT2D eigenvalue weighted by Gasteiger charge is 2.08. The van der Waals surface area contributed by atoms with Crippen LogP contribution in [0.1, 0.15) is 24.2 Å². The van der Waals surface area contributed by atoms with Crippen molar-refractivity contribution >= 4 is 5.69 Å². The predicted molar refractivity (Wildman–Crippen MR) is 71.2 cm³/mol. The lowest BCUT2D eigenvalue weighted by Gasteiger charge is -2.17. The van der Waals surface area contributed by atoms with Crippen molar-refractivity contribution in [3.63, 3.8) is 0 Å². The molecule has 1 atom stereocenters. The third kappa shape index (κ3) is 3.05. The molecule has 0 amide bonds. The van der Waals surface area contributed by atoms with Crippen LogP contribution in [0.5, 0.6) is 0 Å².